The number of pyridine rings is 1. The summed E-state index contributed by atoms with van der Waals surface area (Å²) in [5.41, 5.74) is 1.93. The Morgan fingerprint density at radius 1 is 1.24 bits per heavy atom. The first-order valence-corrected chi connectivity index (χ1v) is 5.54. The van der Waals surface area contributed by atoms with Crippen molar-refractivity contribution in [2.75, 3.05) is 0 Å². The van der Waals surface area contributed by atoms with Crippen LogP contribution < -0.4 is 4.74 Å². The number of aliphatic hydroxyl groups excluding tert-OH is 1. The van der Waals surface area contributed by atoms with Crippen molar-refractivity contribution in [2.24, 2.45) is 0 Å². The van der Waals surface area contributed by atoms with Gasteiger partial charge in [0.25, 0.3) is 0 Å². The van der Waals surface area contributed by atoms with Gasteiger partial charge in [-0.05, 0) is 43.2 Å². The van der Waals surface area contributed by atoms with Gasteiger partial charge in [-0.25, -0.2) is 4.98 Å². The van der Waals surface area contributed by atoms with Gasteiger partial charge in [-0.15, -0.1) is 0 Å². The number of hydrogen-bond donors (Lipinski definition) is 1. The molecule has 2 rings (SSSR count). The van der Waals surface area contributed by atoms with Crippen LogP contribution in [0.4, 0.5) is 0 Å². The maximum Gasteiger partial charge on any atom is 0.219 e. The molecule has 1 aromatic heterocycles. The van der Waals surface area contributed by atoms with Gasteiger partial charge in [0.1, 0.15) is 5.75 Å². The SMILES string of the molecule is Cc1cccc(Oc2cc([C@@H](C)O)ccn2)c1. The zero-order valence-electron chi connectivity index (χ0n) is 9.92. The van der Waals surface area contributed by atoms with Gasteiger partial charge in [0.15, 0.2) is 0 Å². The summed E-state index contributed by atoms with van der Waals surface area (Å²) in [6.07, 6.45) is 1.12. The van der Waals surface area contributed by atoms with Crippen LogP contribution in [0, 0.1) is 6.92 Å². The van der Waals surface area contributed by atoms with E-state index < -0.39 is 6.10 Å². The van der Waals surface area contributed by atoms with Crippen molar-refractivity contribution in [3.05, 3.63) is 53.7 Å². The molecule has 0 radical (unpaired) electrons. The molecule has 3 heteroatoms. The predicted molar refractivity (Wildman–Crippen MR) is 66.1 cm³/mol. The van der Waals surface area contributed by atoms with E-state index in [2.05, 4.69) is 4.98 Å². The quantitative estimate of drug-likeness (QED) is 0.878. The molecule has 1 aromatic carbocycles. The highest BCUT2D eigenvalue weighted by molar-refractivity contribution is 5.32. The molecule has 17 heavy (non-hydrogen) atoms. The highest BCUT2D eigenvalue weighted by Gasteiger charge is 2.04. The Morgan fingerprint density at radius 2 is 2.06 bits per heavy atom. The summed E-state index contributed by atoms with van der Waals surface area (Å²) in [6, 6.07) is 11.3. The van der Waals surface area contributed by atoms with Crippen molar-refractivity contribution in [3.8, 4) is 11.6 Å². The number of benzene rings is 1. The Hall–Kier alpha value is -1.87. The van der Waals surface area contributed by atoms with E-state index in [9.17, 15) is 5.11 Å². The Kier molecular flexibility index (Phi) is 3.40. The van der Waals surface area contributed by atoms with Gasteiger partial charge in [-0.1, -0.05) is 12.1 Å². The van der Waals surface area contributed by atoms with E-state index in [0.29, 0.717) is 5.88 Å². The van der Waals surface area contributed by atoms with Crippen molar-refractivity contribution < 1.29 is 9.84 Å². The topological polar surface area (TPSA) is 42.4 Å². The van der Waals surface area contributed by atoms with Gasteiger partial charge in [-0.3, -0.25) is 0 Å². The van der Waals surface area contributed by atoms with Crippen LogP contribution >= 0.6 is 0 Å². The maximum absolute atomic E-state index is 9.48. The molecule has 0 aliphatic rings. The number of aromatic nitrogens is 1. The normalized spacial score (nSPS) is 12.2. The minimum absolute atomic E-state index is 0.494. The van der Waals surface area contributed by atoms with E-state index in [-0.39, 0.29) is 0 Å². The lowest BCUT2D eigenvalue weighted by molar-refractivity contribution is 0.198. The summed E-state index contributed by atoms with van der Waals surface area (Å²) in [4.78, 5) is 4.11. The summed E-state index contributed by atoms with van der Waals surface area (Å²) < 4.78 is 5.63. The smallest absolute Gasteiger partial charge is 0.219 e. The minimum Gasteiger partial charge on any atom is -0.439 e. The van der Waals surface area contributed by atoms with Gasteiger partial charge in [0.2, 0.25) is 5.88 Å². The Bertz CT molecular complexity index is 509. The Balaban J connectivity index is 2.21. The average molecular weight is 229 g/mol. The first-order chi connectivity index (χ1) is 8.15. The number of aryl methyl sites for hydroxylation is 1. The molecule has 0 saturated heterocycles. The monoisotopic (exact) mass is 229 g/mol. The van der Waals surface area contributed by atoms with Crippen molar-refractivity contribution in [1.82, 2.24) is 4.98 Å². The first-order valence-electron chi connectivity index (χ1n) is 5.54. The van der Waals surface area contributed by atoms with E-state index in [0.717, 1.165) is 16.9 Å². The highest BCUT2D eigenvalue weighted by Crippen LogP contribution is 2.22. The average Bonchev–Trinajstić information content (AvgIpc) is 2.29. The van der Waals surface area contributed by atoms with E-state index in [1.165, 1.54) is 0 Å². The standard InChI is InChI=1S/C14H15NO2/c1-10-4-3-5-13(8-10)17-14-9-12(11(2)16)6-7-15-14/h3-9,11,16H,1-2H3/t11-/m1/s1. The molecule has 0 spiro atoms. The van der Waals surface area contributed by atoms with E-state index in [1.807, 2.05) is 31.2 Å². The molecule has 0 amide bonds. The molecule has 0 unspecified atom stereocenters. The molecule has 0 aliphatic heterocycles. The maximum atomic E-state index is 9.48. The lowest BCUT2D eigenvalue weighted by atomic mass is 10.2. The van der Waals surface area contributed by atoms with Crippen LogP contribution in [0.25, 0.3) is 0 Å². The van der Waals surface area contributed by atoms with Crippen LogP contribution in [0.1, 0.15) is 24.2 Å². The van der Waals surface area contributed by atoms with Crippen LogP contribution in [0.2, 0.25) is 0 Å². The lowest BCUT2D eigenvalue weighted by Gasteiger charge is -2.08. The third-order valence-electron chi connectivity index (χ3n) is 2.45. The molecule has 2 aromatic rings. The van der Waals surface area contributed by atoms with E-state index >= 15 is 0 Å². The third-order valence-corrected chi connectivity index (χ3v) is 2.45. The molecular formula is C14H15NO2. The molecule has 88 valence electrons. The van der Waals surface area contributed by atoms with Gasteiger partial charge < -0.3 is 9.84 Å². The summed E-state index contributed by atoms with van der Waals surface area (Å²) >= 11 is 0. The molecule has 1 heterocycles. The zero-order chi connectivity index (χ0) is 12.3. The fourth-order valence-corrected chi connectivity index (χ4v) is 1.54. The van der Waals surface area contributed by atoms with Crippen molar-refractivity contribution in [1.29, 1.82) is 0 Å². The summed E-state index contributed by atoms with van der Waals surface area (Å²) in [7, 11) is 0. The van der Waals surface area contributed by atoms with Gasteiger partial charge in [-0.2, -0.15) is 0 Å². The van der Waals surface area contributed by atoms with Crippen LogP contribution in [-0.2, 0) is 0 Å². The zero-order valence-corrected chi connectivity index (χ0v) is 9.92. The Labute approximate surface area is 101 Å². The van der Waals surface area contributed by atoms with Crippen LogP contribution in [-0.4, -0.2) is 10.1 Å². The summed E-state index contributed by atoms with van der Waals surface area (Å²) in [5.74, 6) is 1.24. The van der Waals surface area contributed by atoms with Crippen molar-refractivity contribution in [2.45, 2.75) is 20.0 Å². The summed E-state index contributed by atoms with van der Waals surface area (Å²) in [5, 5.41) is 9.48. The second-order valence-corrected chi connectivity index (χ2v) is 4.02. The fraction of sp³-hybridized carbons (Fsp3) is 0.214. The number of ether oxygens (including phenoxy) is 1. The van der Waals surface area contributed by atoms with Crippen molar-refractivity contribution >= 4 is 0 Å². The predicted octanol–water partition coefficient (Wildman–Crippen LogP) is 3.24. The highest BCUT2D eigenvalue weighted by atomic mass is 16.5. The number of nitrogens with zero attached hydrogens (tertiary/aromatic N) is 1. The molecule has 0 fully saturated rings. The Morgan fingerprint density at radius 3 is 2.76 bits per heavy atom. The number of aliphatic hydroxyl groups is 1. The van der Waals surface area contributed by atoms with Crippen LogP contribution in [0.3, 0.4) is 0 Å². The largest absolute Gasteiger partial charge is 0.439 e. The van der Waals surface area contributed by atoms with Crippen molar-refractivity contribution in [3.63, 3.8) is 0 Å². The van der Waals surface area contributed by atoms with Gasteiger partial charge in [0.05, 0.1) is 6.10 Å². The van der Waals surface area contributed by atoms with Crippen LogP contribution in [0.5, 0.6) is 11.6 Å². The van der Waals surface area contributed by atoms with E-state index in [1.54, 1.807) is 25.3 Å². The van der Waals surface area contributed by atoms with Gasteiger partial charge >= 0.3 is 0 Å². The second-order valence-electron chi connectivity index (χ2n) is 4.02. The molecule has 1 N–H and O–H groups in total. The number of rotatable bonds is 3. The summed E-state index contributed by atoms with van der Waals surface area (Å²) in [6.45, 7) is 3.72. The fourth-order valence-electron chi connectivity index (χ4n) is 1.54. The lowest BCUT2D eigenvalue weighted by Crippen LogP contribution is -1.94. The van der Waals surface area contributed by atoms with Crippen LogP contribution in [0.15, 0.2) is 42.6 Å². The van der Waals surface area contributed by atoms with E-state index in [4.69, 9.17) is 4.74 Å². The molecular weight excluding hydrogens is 214 g/mol. The molecule has 0 aliphatic carbocycles. The van der Waals surface area contributed by atoms with Gasteiger partial charge in [0, 0.05) is 12.3 Å². The first kappa shape index (κ1) is 11.6. The minimum atomic E-state index is -0.516. The molecule has 1 atom stereocenters. The molecule has 3 nitrogen and oxygen atoms in total. The molecule has 0 bridgehead atoms. The third kappa shape index (κ3) is 3.04. The molecule has 0 saturated carbocycles. The number of hydrogen-bond acceptors (Lipinski definition) is 3. The second kappa shape index (κ2) is 4.97.